The molecular formula is C19H34N6O. The standard InChI is InChI=1S/C19H34N6O/c1-20-19(21-13-16-15-23(2)10-11-24(16)3)22-14-17(18-7-6-12-26-18)25-8-4-5-9-25/h6-7,12,16-17H,4-5,8-11,13-15H2,1-3H3,(H2,20,21,22). The molecule has 7 nitrogen and oxygen atoms in total. The molecule has 0 radical (unpaired) electrons. The van der Waals surface area contributed by atoms with Crippen molar-refractivity contribution >= 4 is 5.96 Å². The van der Waals surface area contributed by atoms with Crippen LogP contribution >= 0.6 is 0 Å². The van der Waals surface area contributed by atoms with Crippen LogP contribution in [0.2, 0.25) is 0 Å². The van der Waals surface area contributed by atoms with Crippen LogP contribution in [-0.4, -0.2) is 93.7 Å². The second-order valence-electron chi connectivity index (χ2n) is 7.50. The molecule has 2 saturated heterocycles. The van der Waals surface area contributed by atoms with E-state index < -0.39 is 0 Å². The molecule has 2 N–H and O–H groups in total. The number of likely N-dealkylation sites (tertiary alicyclic amines) is 1. The van der Waals surface area contributed by atoms with Gasteiger partial charge in [-0.2, -0.15) is 0 Å². The number of rotatable bonds is 6. The Morgan fingerprint density at radius 2 is 2.04 bits per heavy atom. The molecule has 1 aromatic rings. The minimum absolute atomic E-state index is 0.259. The molecule has 2 aliphatic rings. The highest BCUT2D eigenvalue weighted by Gasteiger charge is 2.26. The van der Waals surface area contributed by atoms with Crippen molar-refractivity contribution in [1.82, 2.24) is 25.3 Å². The van der Waals surface area contributed by atoms with Crippen molar-refractivity contribution in [3.05, 3.63) is 24.2 Å². The van der Waals surface area contributed by atoms with Gasteiger partial charge in [0.2, 0.25) is 0 Å². The quantitative estimate of drug-likeness (QED) is 0.577. The summed E-state index contributed by atoms with van der Waals surface area (Å²) in [5.74, 6) is 1.89. The molecule has 0 aliphatic carbocycles. The minimum Gasteiger partial charge on any atom is -0.468 e. The van der Waals surface area contributed by atoms with Crippen LogP contribution in [0.1, 0.15) is 24.6 Å². The van der Waals surface area contributed by atoms with E-state index in [9.17, 15) is 0 Å². The van der Waals surface area contributed by atoms with Gasteiger partial charge in [-0.25, -0.2) is 0 Å². The number of furan rings is 1. The van der Waals surface area contributed by atoms with Gasteiger partial charge < -0.3 is 20.0 Å². The molecule has 0 aromatic carbocycles. The minimum atomic E-state index is 0.259. The maximum atomic E-state index is 5.70. The van der Waals surface area contributed by atoms with Gasteiger partial charge in [0.1, 0.15) is 5.76 Å². The van der Waals surface area contributed by atoms with Crippen molar-refractivity contribution in [2.75, 3.05) is 67.0 Å². The molecule has 0 saturated carbocycles. The lowest BCUT2D eigenvalue weighted by Gasteiger charge is -2.38. The van der Waals surface area contributed by atoms with Crippen LogP contribution in [0.25, 0.3) is 0 Å². The molecule has 0 spiro atoms. The van der Waals surface area contributed by atoms with Gasteiger partial charge in [-0.3, -0.25) is 14.8 Å². The average molecular weight is 363 g/mol. The molecular weight excluding hydrogens is 328 g/mol. The van der Waals surface area contributed by atoms with Gasteiger partial charge in [0.25, 0.3) is 0 Å². The number of hydrogen-bond acceptors (Lipinski definition) is 5. The van der Waals surface area contributed by atoms with Crippen molar-refractivity contribution in [3.8, 4) is 0 Å². The highest BCUT2D eigenvalue weighted by atomic mass is 16.3. The normalized spacial score (nSPS) is 24.7. The van der Waals surface area contributed by atoms with Crippen LogP contribution in [-0.2, 0) is 0 Å². The Morgan fingerprint density at radius 1 is 1.23 bits per heavy atom. The second kappa shape index (κ2) is 9.39. The first-order valence-electron chi connectivity index (χ1n) is 9.78. The molecule has 26 heavy (non-hydrogen) atoms. The lowest BCUT2D eigenvalue weighted by Crippen LogP contribution is -2.55. The van der Waals surface area contributed by atoms with E-state index in [1.807, 2.05) is 13.1 Å². The van der Waals surface area contributed by atoms with Gasteiger partial charge in [0.05, 0.1) is 12.3 Å². The van der Waals surface area contributed by atoms with Crippen molar-refractivity contribution in [3.63, 3.8) is 0 Å². The molecule has 2 fully saturated rings. The van der Waals surface area contributed by atoms with Crippen LogP contribution in [0.15, 0.2) is 27.8 Å². The predicted molar refractivity (Wildman–Crippen MR) is 106 cm³/mol. The molecule has 3 rings (SSSR count). The number of nitrogens with zero attached hydrogens (tertiary/aromatic N) is 4. The summed E-state index contributed by atoms with van der Waals surface area (Å²) in [6.07, 6.45) is 4.30. The maximum Gasteiger partial charge on any atom is 0.191 e. The Labute approximate surface area is 157 Å². The highest BCUT2D eigenvalue weighted by molar-refractivity contribution is 5.79. The lowest BCUT2D eigenvalue weighted by atomic mass is 10.2. The van der Waals surface area contributed by atoms with E-state index in [1.54, 1.807) is 6.26 Å². The first kappa shape index (κ1) is 19.2. The van der Waals surface area contributed by atoms with Crippen LogP contribution in [0.4, 0.5) is 0 Å². The Balaban J connectivity index is 1.52. The highest BCUT2D eigenvalue weighted by Crippen LogP contribution is 2.24. The van der Waals surface area contributed by atoms with Crippen molar-refractivity contribution in [2.24, 2.45) is 4.99 Å². The summed E-state index contributed by atoms with van der Waals surface area (Å²) in [4.78, 5) is 11.7. The zero-order chi connectivity index (χ0) is 18.4. The molecule has 0 bridgehead atoms. The topological polar surface area (TPSA) is 59.3 Å². The van der Waals surface area contributed by atoms with Crippen molar-refractivity contribution in [1.29, 1.82) is 0 Å². The second-order valence-corrected chi connectivity index (χ2v) is 7.50. The summed E-state index contributed by atoms with van der Waals surface area (Å²) in [6.45, 7) is 7.31. The summed E-state index contributed by atoms with van der Waals surface area (Å²) < 4.78 is 5.70. The van der Waals surface area contributed by atoms with Crippen LogP contribution in [0, 0.1) is 0 Å². The predicted octanol–water partition coefficient (Wildman–Crippen LogP) is 0.827. The largest absolute Gasteiger partial charge is 0.468 e. The van der Waals surface area contributed by atoms with Crippen LogP contribution < -0.4 is 10.6 Å². The van der Waals surface area contributed by atoms with Gasteiger partial charge in [-0.05, 0) is 52.2 Å². The maximum absolute atomic E-state index is 5.70. The fourth-order valence-electron chi connectivity index (χ4n) is 3.89. The number of guanidine groups is 1. The summed E-state index contributed by atoms with van der Waals surface area (Å²) in [5, 5.41) is 7.01. The average Bonchev–Trinajstić information content (AvgIpc) is 3.35. The number of hydrogen-bond donors (Lipinski definition) is 2. The first-order valence-corrected chi connectivity index (χ1v) is 9.78. The third-order valence-corrected chi connectivity index (χ3v) is 5.62. The number of likely N-dealkylation sites (N-methyl/N-ethyl adjacent to an activating group) is 2. The Morgan fingerprint density at radius 3 is 2.73 bits per heavy atom. The number of aliphatic imine (C=N–C) groups is 1. The zero-order valence-electron chi connectivity index (χ0n) is 16.4. The van der Waals surface area contributed by atoms with E-state index in [0.717, 1.165) is 57.5 Å². The van der Waals surface area contributed by atoms with Gasteiger partial charge in [0.15, 0.2) is 5.96 Å². The number of piperazine rings is 1. The fraction of sp³-hybridized carbons (Fsp3) is 0.737. The third-order valence-electron chi connectivity index (χ3n) is 5.62. The van der Waals surface area contributed by atoms with Gasteiger partial charge in [-0.1, -0.05) is 0 Å². The zero-order valence-corrected chi connectivity index (χ0v) is 16.4. The lowest BCUT2D eigenvalue weighted by molar-refractivity contribution is 0.116. The van der Waals surface area contributed by atoms with E-state index >= 15 is 0 Å². The van der Waals surface area contributed by atoms with E-state index in [1.165, 1.54) is 12.8 Å². The summed E-state index contributed by atoms with van der Waals surface area (Å²) in [6, 6.07) is 4.82. The summed E-state index contributed by atoms with van der Waals surface area (Å²) in [7, 11) is 6.23. The monoisotopic (exact) mass is 362 g/mol. The Hall–Kier alpha value is -1.57. The fourth-order valence-corrected chi connectivity index (χ4v) is 3.89. The molecule has 2 aliphatic heterocycles. The summed E-state index contributed by atoms with van der Waals surface area (Å²) >= 11 is 0. The van der Waals surface area contributed by atoms with Crippen molar-refractivity contribution in [2.45, 2.75) is 24.9 Å². The van der Waals surface area contributed by atoms with E-state index in [4.69, 9.17) is 4.42 Å². The van der Waals surface area contributed by atoms with E-state index in [-0.39, 0.29) is 6.04 Å². The third kappa shape index (κ3) is 4.99. The Kier molecular flexibility index (Phi) is 6.93. The molecule has 3 heterocycles. The summed E-state index contributed by atoms with van der Waals surface area (Å²) in [5.41, 5.74) is 0. The molecule has 2 unspecified atom stereocenters. The van der Waals surface area contributed by atoms with Crippen LogP contribution in [0.3, 0.4) is 0 Å². The van der Waals surface area contributed by atoms with Crippen LogP contribution in [0.5, 0.6) is 0 Å². The molecule has 1 aromatic heterocycles. The molecule has 2 atom stereocenters. The smallest absolute Gasteiger partial charge is 0.191 e. The van der Waals surface area contributed by atoms with Gasteiger partial charge in [0, 0.05) is 45.8 Å². The van der Waals surface area contributed by atoms with Gasteiger partial charge in [-0.15, -0.1) is 0 Å². The van der Waals surface area contributed by atoms with E-state index in [2.05, 4.69) is 50.5 Å². The first-order chi connectivity index (χ1) is 12.7. The SMILES string of the molecule is CN=C(NCC1CN(C)CCN1C)NCC(c1ccco1)N1CCCC1. The number of nitrogens with one attached hydrogen (secondary N) is 2. The molecule has 0 amide bonds. The molecule has 146 valence electrons. The van der Waals surface area contributed by atoms with Crippen molar-refractivity contribution < 1.29 is 4.42 Å². The van der Waals surface area contributed by atoms with Gasteiger partial charge >= 0.3 is 0 Å². The Bertz CT molecular complexity index is 554. The van der Waals surface area contributed by atoms with E-state index in [0.29, 0.717) is 6.04 Å². The molecule has 7 heteroatoms.